The Morgan fingerprint density at radius 1 is 1.62 bits per heavy atom. The topological polar surface area (TPSA) is 48.1 Å². The van der Waals surface area contributed by atoms with Crippen molar-refractivity contribution in [1.82, 2.24) is 4.98 Å². The summed E-state index contributed by atoms with van der Waals surface area (Å²) in [6.45, 7) is 1.34. The van der Waals surface area contributed by atoms with Crippen LogP contribution in [-0.4, -0.2) is 18.6 Å². The summed E-state index contributed by atoms with van der Waals surface area (Å²) in [5.41, 5.74) is 5.42. The monoisotopic (exact) mass is 264 g/mol. The molecule has 0 bridgehead atoms. The molecule has 13 heavy (non-hydrogen) atoms. The lowest BCUT2D eigenvalue weighted by atomic mass is 10.3. The van der Waals surface area contributed by atoms with Crippen LogP contribution in [0.15, 0.2) is 4.60 Å². The highest BCUT2D eigenvalue weighted by molar-refractivity contribution is 9.10. The number of ether oxygens (including phenoxy) is 1. The van der Waals surface area contributed by atoms with Crippen LogP contribution in [0.3, 0.4) is 0 Å². The van der Waals surface area contributed by atoms with Crippen molar-refractivity contribution in [3.63, 3.8) is 0 Å². The van der Waals surface area contributed by atoms with Gasteiger partial charge in [-0.05, 0) is 28.9 Å². The Labute approximate surface area is 90.4 Å². The van der Waals surface area contributed by atoms with Gasteiger partial charge in [-0.2, -0.15) is 0 Å². The molecule has 2 N–H and O–H groups in total. The van der Waals surface area contributed by atoms with E-state index in [1.807, 2.05) is 0 Å². The second-order valence-corrected chi connectivity index (χ2v) is 4.57. The van der Waals surface area contributed by atoms with E-state index in [0.717, 1.165) is 33.9 Å². The summed E-state index contributed by atoms with van der Waals surface area (Å²) in [6.07, 6.45) is 1.95. The second-order valence-electron chi connectivity index (χ2n) is 2.65. The first kappa shape index (κ1) is 11.1. The summed E-state index contributed by atoms with van der Waals surface area (Å²) in [6, 6.07) is 0. The number of halogens is 1. The van der Waals surface area contributed by atoms with Crippen LogP contribution < -0.4 is 5.73 Å². The van der Waals surface area contributed by atoms with Crippen molar-refractivity contribution in [2.75, 3.05) is 13.7 Å². The molecule has 0 aromatic carbocycles. The van der Waals surface area contributed by atoms with Crippen molar-refractivity contribution >= 4 is 27.3 Å². The Kier molecular flexibility index (Phi) is 4.87. The van der Waals surface area contributed by atoms with Gasteiger partial charge in [-0.25, -0.2) is 4.98 Å². The average Bonchev–Trinajstić information content (AvgIpc) is 2.45. The molecule has 0 saturated heterocycles. The van der Waals surface area contributed by atoms with E-state index >= 15 is 0 Å². The highest BCUT2D eigenvalue weighted by Gasteiger charge is 2.07. The highest BCUT2D eigenvalue weighted by atomic mass is 79.9. The SMILES string of the molecule is COCc1sc(CCCN)nc1Br. The molecule has 5 heteroatoms. The standard InChI is InChI=1S/C8H13BrN2OS/c1-12-5-6-8(9)11-7(13-6)3-2-4-10/h2-5,10H2,1H3. The fourth-order valence-corrected chi connectivity index (χ4v) is 2.62. The van der Waals surface area contributed by atoms with Crippen LogP contribution in [-0.2, 0) is 17.8 Å². The first-order valence-electron chi connectivity index (χ1n) is 4.11. The molecule has 0 radical (unpaired) electrons. The number of rotatable bonds is 5. The summed E-state index contributed by atoms with van der Waals surface area (Å²) in [5, 5.41) is 1.13. The Morgan fingerprint density at radius 2 is 2.38 bits per heavy atom. The fourth-order valence-electron chi connectivity index (χ4n) is 0.959. The predicted octanol–water partition coefficient (Wildman–Crippen LogP) is 1.94. The van der Waals surface area contributed by atoms with Crippen molar-refractivity contribution in [2.45, 2.75) is 19.4 Å². The van der Waals surface area contributed by atoms with Crippen molar-refractivity contribution in [2.24, 2.45) is 5.73 Å². The zero-order valence-electron chi connectivity index (χ0n) is 7.55. The molecule has 0 unspecified atom stereocenters. The van der Waals surface area contributed by atoms with Gasteiger partial charge >= 0.3 is 0 Å². The molecule has 0 aliphatic heterocycles. The number of nitrogens with zero attached hydrogens (tertiary/aromatic N) is 1. The first-order chi connectivity index (χ1) is 6.27. The van der Waals surface area contributed by atoms with Gasteiger partial charge in [0.1, 0.15) is 4.60 Å². The lowest BCUT2D eigenvalue weighted by Crippen LogP contribution is -1.99. The van der Waals surface area contributed by atoms with Gasteiger partial charge in [0, 0.05) is 13.5 Å². The molecular formula is C8H13BrN2OS. The molecule has 74 valence electrons. The van der Waals surface area contributed by atoms with Crippen LogP contribution >= 0.6 is 27.3 Å². The number of hydrogen-bond donors (Lipinski definition) is 1. The van der Waals surface area contributed by atoms with Crippen LogP contribution in [0.1, 0.15) is 16.3 Å². The summed E-state index contributed by atoms with van der Waals surface area (Å²) in [4.78, 5) is 5.51. The summed E-state index contributed by atoms with van der Waals surface area (Å²) < 4.78 is 5.95. The minimum Gasteiger partial charge on any atom is -0.379 e. The molecule has 0 amide bonds. The minimum atomic E-state index is 0.626. The highest BCUT2D eigenvalue weighted by Crippen LogP contribution is 2.24. The van der Waals surface area contributed by atoms with Crippen LogP contribution in [0, 0.1) is 0 Å². The van der Waals surface area contributed by atoms with Crippen molar-refractivity contribution in [3.8, 4) is 0 Å². The lowest BCUT2D eigenvalue weighted by molar-refractivity contribution is 0.187. The maximum absolute atomic E-state index is 5.42. The molecule has 1 aromatic heterocycles. The Hall–Kier alpha value is 0.0300. The van der Waals surface area contributed by atoms with E-state index in [1.165, 1.54) is 0 Å². The Morgan fingerprint density at radius 3 is 3.00 bits per heavy atom. The second kappa shape index (κ2) is 5.70. The molecule has 0 spiro atoms. The zero-order valence-corrected chi connectivity index (χ0v) is 9.95. The van der Waals surface area contributed by atoms with E-state index in [1.54, 1.807) is 18.4 Å². The molecule has 1 heterocycles. The van der Waals surface area contributed by atoms with Gasteiger partial charge in [0.25, 0.3) is 0 Å². The lowest BCUT2D eigenvalue weighted by Gasteiger charge is -1.92. The van der Waals surface area contributed by atoms with Gasteiger partial charge in [-0.3, -0.25) is 0 Å². The Balaban J connectivity index is 2.59. The van der Waals surface area contributed by atoms with E-state index in [4.69, 9.17) is 10.5 Å². The number of aromatic nitrogens is 1. The van der Waals surface area contributed by atoms with E-state index in [2.05, 4.69) is 20.9 Å². The molecule has 0 aliphatic rings. The van der Waals surface area contributed by atoms with Gasteiger partial charge < -0.3 is 10.5 Å². The van der Waals surface area contributed by atoms with Gasteiger partial charge in [0.05, 0.1) is 16.5 Å². The van der Waals surface area contributed by atoms with Gasteiger partial charge in [0.2, 0.25) is 0 Å². The van der Waals surface area contributed by atoms with Crippen LogP contribution in [0.25, 0.3) is 0 Å². The molecule has 0 atom stereocenters. The maximum Gasteiger partial charge on any atom is 0.122 e. The predicted molar refractivity (Wildman–Crippen MR) is 57.9 cm³/mol. The summed E-state index contributed by atoms with van der Waals surface area (Å²) in [5.74, 6) is 0. The molecule has 1 aromatic rings. The molecule has 0 fully saturated rings. The van der Waals surface area contributed by atoms with E-state index in [0.29, 0.717) is 6.61 Å². The van der Waals surface area contributed by atoms with E-state index in [-0.39, 0.29) is 0 Å². The van der Waals surface area contributed by atoms with Gasteiger partial charge in [0.15, 0.2) is 0 Å². The quantitative estimate of drug-likeness (QED) is 0.885. The largest absolute Gasteiger partial charge is 0.379 e. The first-order valence-corrected chi connectivity index (χ1v) is 5.72. The van der Waals surface area contributed by atoms with Crippen LogP contribution in [0.4, 0.5) is 0 Å². The molecule has 0 saturated carbocycles. The molecule has 3 nitrogen and oxygen atoms in total. The van der Waals surface area contributed by atoms with E-state index in [9.17, 15) is 0 Å². The van der Waals surface area contributed by atoms with Crippen molar-refractivity contribution < 1.29 is 4.74 Å². The summed E-state index contributed by atoms with van der Waals surface area (Å²) >= 11 is 5.08. The average molecular weight is 265 g/mol. The third-order valence-corrected chi connectivity index (χ3v) is 3.57. The van der Waals surface area contributed by atoms with Gasteiger partial charge in [-0.1, -0.05) is 0 Å². The fraction of sp³-hybridized carbons (Fsp3) is 0.625. The normalized spacial score (nSPS) is 10.7. The zero-order chi connectivity index (χ0) is 9.68. The van der Waals surface area contributed by atoms with Crippen LogP contribution in [0.2, 0.25) is 0 Å². The minimum absolute atomic E-state index is 0.626. The van der Waals surface area contributed by atoms with Crippen molar-refractivity contribution in [1.29, 1.82) is 0 Å². The molecular weight excluding hydrogens is 252 g/mol. The van der Waals surface area contributed by atoms with Crippen molar-refractivity contribution in [3.05, 3.63) is 14.5 Å². The number of aryl methyl sites for hydroxylation is 1. The maximum atomic E-state index is 5.42. The third kappa shape index (κ3) is 3.34. The number of methoxy groups -OCH3 is 1. The number of nitrogens with two attached hydrogens (primary N) is 1. The smallest absolute Gasteiger partial charge is 0.122 e. The summed E-state index contributed by atoms with van der Waals surface area (Å²) in [7, 11) is 1.69. The number of thiazole rings is 1. The Bertz CT molecular complexity index is 265. The van der Waals surface area contributed by atoms with Gasteiger partial charge in [-0.15, -0.1) is 11.3 Å². The van der Waals surface area contributed by atoms with E-state index < -0.39 is 0 Å². The van der Waals surface area contributed by atoms with Crippen LogP contribution in [0.5, 0.6) is 0 Å². The third-order valence-electron chi connectivity index (χ3n) is 1.56. The molecule has 0 aliphatic carbocycles. The molecule has 1 rings (SSSR count). The number of hydrogen-bond acceptors (Lipinski definition) is 4.